The Morgan fingerprint density at radius 2 is 1.75 bits per heavy atom. The van der Waals surface area contributed by atoms with E-state index >= 15 is 0 Å². The van der Waals surface area contributed by atoms with Crippen molar-refractivity contribution in [2.45, 2.75) is 25.9 Å². The van der Waals surface area contributed by atoms with Crippen molar-refractivity contribution in [1.82, 2.24) is 20.6 Å². The molecule has 3 rings (SSSR count). The van der Waals surface area contributed by atoms with E-state index in [9.17, 15) is 13.2 Å². The van der Waals surface area contributed by atoms with Crippen LogP contribution in [0.15, 0.2) is 48.5 Å². The number of amides is 2. The number of hydrogen-bond acceptors (Lipinski definition) is 4. The number of H-pyrrole nitrogens is 1. The monoisotopic (exact) mass is 401 g/mol. The summed E-state index contributed by atoms with van der Waals surface area (Å²) < 4.78 is 25.2. The summed E-state index contributed by atoms with van der Waals surface area (Å²) in [5.74, 6) is 0.670. The van der Waals surface area contributed by atoms with Gasteiger partial charge < -0.3 is 15.6 Å². The summed E-state index contributed by atoms with van der Waals surface area (Å²) in [6.07, 6.45) is 1.09. The SMILES string of the molecule is C[C@H](NC(=O)N[C@@H](C)c1nc2ccccc2[nH]1)c1cccc(NS(C)(=O)=O)c1. The fourth-order valence-electron chi connectivity index (χ4n) is 2.85. The molecule has 0 unspecified atom stereocenters. The fraction of sp³-hybridized carbons (Fsp3) is 0.263. The molecule has 148 valence electrons. The molecule has 1 aromatic heterocycles. The smallest absolute Gasteiger partial charge is 0.315 e. The lowest BCUT2D eigenvalue weighted by Crippen LogP contribution is -2.38. The van der Waals surface area contributed by atoms with Gasteiger partial charge in [-0.25, -0.2) is 18.2 Å². The molecule has 0 fully saturated rings. The summed E-state index contributed by atoms with van der Waals surface area (Å²) in [5, 5.41) is 5.71. The number of aromatic nitrogens is 2. The van der Waals surface area contributed by atoms with Crippen LogP contribution in [0, 0.1) is 0 Å². The van der Waals surface area contributed by atoms with Crippen molar-refractivity contribution in [3.63, 3.8) is 0 Å². The number of benzene rings is 2. The molecular formula is C19H23N5O3S. The van der Waals surface area contributed by atoms with E-state index in [1.54, 1.807) is 18.2 Å². The number of fused-ring (bicyclic) bond motifs is 1. The number of aromatic amines is 1. The second-order valence-electron chi connectivity index (χ2n) is 6.70. The third-order valence-corrected chi connectivity index (χ3v) is 4.81. The first kappa shape index (κ1) is 19.7. The topological polar surface area (TPSA) is 116 Å². The predicted molar refractivity (Wildman–Crippen MR) is 109 cm³/mol. The highest BCUT2D eigenvalue weighted by molar-refractivity contribution is 7.92. The third kappa shape index (κ3) is 5.01. The maximum absolute atomic E-state index is 12.4. The van der Waals surface area contributed by atoms with Crippen LogP contribution in [0.4, 0.5) is 10.5 Å². The van der Waals surface area contributed by atoms with Gasteiger partial charge in [-0.05, 0) is 43.7 Å². The molecule has 28 heavy (non-hydrogen) atoms. The number of sulfonamides is 1. The molecule has 0 saturated carbocycles. The summed E-state index contributed by atoms with van der Waals surface area (Å²) in [6.45, 7) is 3.67. The zero-order chi connectivity index (χ0) is 20.3. The van der Waals surface area contributed by atoms with E-state index in [0.717, 1.165) is 22.9 Å². The molecule has 0 aliphatic carbocycles. The van der Waals surface area contributed by atoms with Crippen molar-refractivity contribution >= 4 is 32.8 Å². The van der Waals surface area contributed by atoms with Crippen LogP contribution in [0.1, 0.15) is 37.3 Å². The quantitative estimate of drug-likeness (QED) is 0.508. The molecule has 1 heterocycles. The molecular weight excluding hydrogens is 378 g/mol. The van der Waals surface area contributed by atoms with E-state index in [1.807, 2.05) is 44.2 Å². The molecule has 2 atom stereocenters. The second kappa shape index (κ2) is 7.89. The summed E-state index contributed by atoms with van der Waals surface area (Å²) in [6, 6.07) is 13.6. The number of anilines is 1. The van der Waals surface area contributed by atoms with Gasteiger partial charge in [0.25, 0.3) is 0 Å². The molecule has 0 bridgehead atoms. The number of rotatable bonds is 6. The molecule has 0 saturated heterocycles. The zero-order valence-electron chi connectivity index (χ0n) is 15.9. The minimum Gasteiger partial charge on any atom is -0.340 e. The minimum atomic E-state index is -3.36. The Kier molecular flexibility index (Phi) is 5.55. The van der Waals surface area contributed by atoms with Crippen molar-refractivity contribution in [3.8, 4) is 0 Å². The molecule has 2 aromatic carbocycles. The normalized spacial score (nSPS) is 13.7. The van der Waals surface area contributed by atoms with E-state index in [4.69, 9.17) is 0 Å². The highest BCUT2D eigenvalue weighted by Crippen LogP contribution is 2.19. The number of hydrogen-bond donors (Lipinski definition) is 4. The van der Waals surface area contributed by atoms with Gasteiger partial charge in [-0.3, -0.25) is 4.72 Å². The lowest BCUT2D eigenvalue weighted by atomic mass is 10.1. The Hall–Kier alpha value is -3.07. The van der Waals surface area contributed by atoms with Crippen LogP contribution in [0.25, 0.3) is 11.0 Å². The zero-order valence-corrected chi connectivity index (χ0v) is 16.7. The number of nitrogens with zero attached hydrogens (tertiary/aromatic N) is 1. The van der Waals surface area contributed by atoms with Gasteiger partial charge in [0.05, 0.1) is 29.4 Å². The number of imidazole rings is 1. The van der Waals surface area contributed by atoms with Crippen LogP contribution >= 0.6 is 0 Å². The van der Waals surface area contributed by atoms with Crippen molar-refractivity contribution in [2.75, 3.05) is 11.0 Å². The van der Waals surface area contributed by atoms with Gasteiger partial charge in [0.2, 0.25) is 10.0 Å². The van der Waals surface area contributed by atoms with Gasteiger partial charge in [0.1, 0.15) is 5.82 Å². The predicted octanol–water partition coefficient (Wildman–Crippen LogP) is 3.06. The van der Waals surface area contributed by atoms with Crippen molar-refractivity contribution in [3.05, 3.63) is 59.9 Å². The minimum absolute atomic E-state index is 0.308. The van der Waals surface area contributed by atoms with E-state index in [1.165, 1.54) is 0 Å². The van der Waals surface area contributed by atoms with Gasteiger partial charge in [-0.1, -0.05) is 24.3 Å². The van der Waals surface area contributed by atoms with Crippen molar-refractivity contribution in [1.29, 1.82) is 0 Å². The van der Waals surface area contributed by atoms with Crippen LogP contribution in [-0.2, 0) is 10.0 Å². The molecule has 2 amide bonds. The lowest BCUT2D eigenvalue weighted by molar-refractivity contribution is 0.234. The van der Waals surface area contributed by atoms with Gasteiger partial charge in [0, 0.05) is 5.69 Å². The Balaban J connectivity index is 1.63. The standard InChI is InChI=1S/C19H23N5O3S/c1-12(14-7-6-8-15(11-14)24-28(3,26)27)20-19(25)21-13(2)18-22-16-9-4-5-10-17(16)23-18/h4-13,24H,1-3H3,(H,22,23)(H2,20,21,25)/t12-,13-/m0/s1. The summed E-state index contributed by atoms with van der Waals surface area (Å²) in [5.41, 5.74) is 2.98. The molecule has 0 spiro atoms. The van der Waals surface area contributed by atoms with E-state index in [2.05, 4.69) is 25.3 Å². The number of para-hydroxylation sites is 2. The first-order valence-corrected chi connectivity index (χ1v) is 10.7. The van der Waals surface area contributed by atoms with Crippen molar-refractivity contribution < 1.29 is 13.2 Å². The molecule has 4 N–H and O–H groups in total. The maximum atomic E-state index is 12.4. The van der Waals surface area contributed by atoms with E-state index in [-0.39, 0.29) is 18.1 Å². The van der Waals surface area contributed by atoms with E-state index in [0.29, 0.717) is 11.5 Å². The maximum Gasteiger partial charge on any atom is 0.315 e. The number of urea groups is 1. The summed E-state index contributed by atoms with van der Waals surface area (Å²) in [4.78, 5) is 20.0. The van der Waals surface area contributed by atoms with Crippen LogP contribution in [-0.4, -0.2) is 30.7 Å². The summed E-state index contributed by atoms with van der Waals surface area (Å²) >= 11 is 0. The molecule has 0 aliphatic heterocycles. The van der Waals surface area contributed by atoms with Crippen LogP contribution in [0.5, 0.6) is 0 Å². The lowest BCUT2D eigenvalue weighted by Gasteiger charge is -2.18. The Morgan fingerprint density at radius 3 is 2.46 bits per heavy atom. The highest BCUT2D eigenvalue weighted by atomic mass is 32.2. The first-order chi connectivity index (χ1) is 13.2. The fourth-order valence-corrected chi connectivity index (χ4v) is 3.40. The average molecular weight is 401 g/mol. The molecule has 8 nitrogen and oxygen atoms in total. The molecule has 0 aliphatic rings. The number of carbonyl (C=O) groups is 1. The van der Waals surface area contributed by atoms with Gasteiger partial charge in [-0.15, -0.1) is 0 Å². The largest absolute Gasteiger partial charge is 0.340 e. The Bertz CT molecular complexity index is 1060. The Morgan fingerprint density at radius 1 is 1.04 bits per heavy atom. The number of carbonyl (C=O) groups excluding carboxylic acids is 1. The molecule has 9 heteroatoms. The van der Waals surface area contributed by atoms with Crippen LogP contribution in [0.2, 0.25) is 0 Å². The number of nitrogens with one attached hydrogen (secondary N) is 4. The highest BCUT2D eigenvalue weighted by Gasteiger charge is 2.16. The van der Waals surface area contributed by atoms with Gasteiger partial charge >= 0.3 is 6.03 Å². The second-order valence-corrected chi connectivity index (χ2v) is 8.45. The van der Waals surface area contributed by atoms with Crippen LogP contribution < -0.4 is 15.4 Å². The Labute approximate surface area is 163 Å². The van der Waals surface area contributed by atoms with Gasteiger partial charge in [0.15, 0.2) is 0 Å². The van der Waals surface area contributed by atoms with Gasteiger partial charge in [-0.2, -0.15) is 0 Å². The molecule has 0 radical (unpaired) electrons. The van der Waals surface area contributed by atoms with Crippen molar-refractivity contribution in [2.24, 2.45) is 0 Å². The van der Waals surface area contributed by atoms with Crippen LogP contribution in [0.3, 0.4) is 0 Å². The summed E-state index contributed by atoms with van der Waals surface area (Å²) in [7, 11) is -3.36. The third-order valence-electron chi connectivity index (χ3n) is 4.20. The van der Waals surface area contributed by atoms with E-state index < -0.39 is 10.0 Å². The average Bonchev–Trinajstić information content (AvgIpc) is 3.04. The molecule has 3 aromatic rings. The first-order valence-electron chi connectivity index (χ1n) is 8.81.